The van der Waals surface area contributed by atoms with Crippen LogP contribution in [0.3, 0.4) is 0 Å². The molecule has 0 saturated heterocycles. The molecule has 0 radical (unpaired) electrons. The Morgan fingerprint density at radius 2 is 2.16 bits per heavy atom. The topological polar surface area (TPSA) is 64.9 Å². The molecule has 1 heterocycles. The van der Waals surface area contributed by atoms with Gasteiger partial charge in [-0.2, -0.15) is 10.6 Å². The molecule has 0 aliphatic carbocycles. The average Bonchev–Trinajstić information content (AvgIpc) is 2.64. The van der Waals surface area contributed by atoms with Crippen LogP contribution in [0.25, 0.3) is 0 Å². The Morgan fingerprint density at radius 1 is 1.47 bits per heavy atom. The number of carbonyl (C=O) groups is 1. The zero-order valence-corrected chi connectivity index (χ0v) is 12.2. The van der Waals surface area contributed by atoms with E-state index in [0.717, 1.165) is 11.1 Å². The lowest BCUT2D eigenvalue weighted by molar-refractivity contribution is -0.134. The van der Waals surface area contributed by atoms with Gasteiger partial charge in [0.1, 0.15) is 0 Å². The Kier molecular flexibility index (Phi) is 3.66. The first kappa shape index (κ1) is 14.0. The van der Waals surface area contributed by atoms with Crippen LogP contribution in [0.5, 0.6) is 0 Å². The molecule has 2 N–H and O–H groups in total. The number of nitrogens with zero attached hydrogens (tertiary/aromatic N) is 2. The van der Waals surface area contributed by atoms with Gasteiger partial charge < -0.3 is 5.21 Å². The van der Waals surface area contributed by atoms with Gasteiger partial charge in [-0.25, -0.2) is 5.01 Å². The van der Waals surface area contributed by atoms with Crippen molar-refractivity contribution in [3.63, 3.8) is 0 Å². The minimum absolute atomic E-state index is 0.281. The van der Waals surface area contributed by atoms with E-state index in [1.807, 2.05) is 31.4 Å². The minimum Gasteiger partial charge on any atom is -0.315 e. The van der Waals surface area contributed by atoms with Crippen molar-refractivity contribution >= 4 is 23.4 Å². The largest absolute Gasteiger partial charge is 0.315 e. The van der Waals surface area contributed by atoms with Gasteiger partial charge in [-0.1, -0.05) is 6.07 Å². The van der Waals surface area contributed by atoms with Gasteiger partial charge in [0.2, 0.25) is 0 Å². The predicted octanol–water partition coefficient (Wildman–Crippen LogP) is 1.63. The van der Waals surface area contributed by atoms with Crippen LogP contribution in [0, 0.1) is 6.92 Å². The molecule has 1 amide bonds. The lowest BCUT2D eigenvalue weighted by atomic mass is 9.90. The molecule has 1 unspecified atom stereocenters. The van der Waals surface area contributed by atoms with Gasteiger partial charge in [-0.3, -0.25) is 4.79 Å². The van der Waals surface area contributed by atoms with Gasteiger partial charge in [0.25, 0.3) is 5.91 Å². The predicted molar refractivity (Wildman–Crippen MR) is 75.6 cm³/mol. The van der Waals surface area contributed by atoms with Crippen molar-refractivity contribution in [2.75, 3.05) is 13.3 Å². The summed E-state index contributed by atoms with van der Waals surface area (Å²) in [6.45, 7) is 3.63. The Bertz CT molecular complexity index is 559. The van der Waals surface area contributed by atoms with E-state index >= 15 is 0 Å². The first-order chi connectivity index (χ1) is 8.93. The normalized spacial score (nSPS) is 22.9. The molecule has 1 aliphatic heterocycles. The highest BCUT2D eigenvalue weighted by atomic mass is 32.2. The third-order valence-corrected chi connectivity index (χ3v) is 4.24. The summed E-state index contributed by atoms with van der Waals surface area (Å²) >= 11 is 1.67. The highest BCUT2D eigenvalue weighted by Crippen LogP contribution is 2.27. The monoisotopic (exact) mass is 279 g/mol. The molecule has 0 spiro atoms. The van der Waals surface area contributed by atoms with Crippen LogP contribution in [-0.2, 0) is 4.79 Å². The van der Waals surface area contributed by atoms with Crippen LogP contribution in [0.1, 0.15) is 18.1 Å². The summed E-state index contributed by atoms with van der Waals surface area (Å²) in [5.41, 5.74) is 3.37. The molecule has 1 aromatic carbocycles. The van der Waals surface area contributed by atoms with Crippen LogP contribution in [0.2, 0.25) is 0 Å². The van der Waals surface area contributed by atoms with Crippen molar-refractivity contribution in [1.29, 1.82) is 0 Å². The average molecular weight is 279 g/mol. The van der Waals surface area contributed by atoms with Gasteiger partial charge >= 0.3 is 0 Å². The summed E-state index contributed by atoms with van der Waals surface area (Å²) in [7, 11) is 1.58. The minimum atomic E-state index is -1.19. The second-order valence-corrected chi connectivity index (χ2v) is 5.55. The van der Waals surface area contributed by atoms with E-state index in [2.05, 4.69) is 10.6 Å². The number of hydrazone groups is 1. The summed E-state index contributed by atoms with van der Waals surface area (Å²) in [5, 5.41) is 14.8. The number of thioether (sulfide) groups is 1. The number of aryl methyl sites for hydroxylation is 1. The lowest BCUT2D eigenvalue weighted by Gasteiger charge is -2.22. The van der Waals surface area contributed by atoms with E-state index in [4.69, 9.17) is 0 Å². The smallest absolute Gasteiger partial charge is 0.270 e. The number of hydroxylamine groups is 1. The molecule has 0 fully saturated rings. The summed E-state index contributed by atoms with van der Waals surface area (Å²) in [4.78, 5) is 13.2. The maximum atomic E-state index is 12.0. The number of hydrogen-bond donors (Lipinski definition) is 2. The van der Waals surface area contributed by atoms with E-state index in [1.54, 1.807) is 25.7 Å². The van der Waals surface area contributed by atoms with Gasteiger partial charge in [0.15, 0.2) is 5.54 Å². The van der Waals surface area contributed by atoms with E-state index < -0.39 is 5.54 Å². The van der Waals surface area contributed by atoms with Crippen molar-refractivity contribution in [1.82, 2.24) is 10.5 Å². The summed E-state index contributed by atoms with van der Waals surface area (Å²) in [6, 6.07) is 5.89. The summed E-state index contributed by atoms with van der Waals surface area (Å²) < 4.78 is 0. The molecule has 1 atom stereocenters. The Labute approximate surface area is 116 Å². The highest BCUT2D eigenvalue weighted by molar-refractivity contribution is 7.98. The first-order valence-electron chi connectivity index (χ1n) is 5.87. The van der Waals surface area contributed by atoms with Gasteiger partial charge in [0.05, 0.1) is 5.71 Å². The number of amides is 1. The first-order valence-corrected chi connectivity index (χ1v) is 7.10. The van der Waals surface area contributed by atoms with E-state index in [0.29, 0.717) is 5.71 Å². The maximum absolute atomic E-state index is 12.0. The Balaban J connectivity index is 2.49. The summed E-state index contributed by atoms with van der Waals surface area (Å²) in [6.07, 6.45) is 2.02. The molecule has 1 aromatic rings. The Morgan fingerprint density at radius 3 is 2.68 bits per heavy atom. The zero-order valence-electron chi connectivity index (χ0n) is 11.4. The second-order valence-electron chi connectivity index (χ2n) is 4.70. The fourth-order valence-corrected chi connectivity index (χ4v) is 2.78. The number of likely N-dealkylation sites (N-methyl/N-ethyl adjacent to an activating group) is 1. The molecule has 19 heavy (non-hydrogen) atoms. The van der Waals surface area contributed by atoms with Gasteiger partial charge in [-0.05, 0) is 37.8 Å². The number of nitrogens with one attached hydrogen (secondary N) is 1. The van der Waals surface area contributed by atoms with Gasteiger partial charge in [-0.15, -0.1) is 11.8 Å². The molecular weight excluding hydrogens is 262 g/mol. The lowest BCUT2D eigenvalue weighted by Crippen LogP contribution is -2.53. The molecule has 0 aromatic heterocycles. The number of rotatable bonds is 3. The zero-order chi connectivity index (χ0) is 14.2. The quantitative estimate of drug-likeness (QED) is 0.652. The van der Waals surface area contributed by atoms with E-state index in [9.17, 15) is 10.0 Å². The van der Waals surface area contributed by atoms with Crippen molar-refractivity contribution < 1.29 is 10.0 Å². The molecule has 1 aliphatic rings. The molecule has 5 nitrogen and oxygen atoms in total. The van der Waals surface area contributed by atoms with Crippen molar-refractivity contribution in [2.24, 2.45) is 5.10 Å². The third-order valence-electron chi connectivity index (χ3n) is 3.34. The van der Waals surface area contributed by atoms with Crippen molar-refractivity contribution in [2.45, 2.75) is 24.3 Å². The Hall–Kier alpha value is -1.37. The standard InChI is InChI=1S/C13H17N3O2S/c1-8-7-9(5-6-10(8)19-4)11-13(2,15-18)12(17)16(3)14-11/h5-7,15,18H,1-4H3. The molecular formula is C13H17N3O2S. The van der Waals surface area contributed by atoms with Gasteiger partial charge in [0, 0.05) is 17.5 Å². The third kappa shape index (κ3) is 2.16. The van der Waals surface area contributed by atoms with Crippen molar-refractivity contribution in [3.05, 3.63) is 29.3 Å². The van der Waals surface area contributed by atoms with Crippen LogP contribution in [-0.4, -0.2) is 40.7 Å². The molecule has 0 saturated carbocycles. The molecule has 102 valence electrons. The molecule has 6 heteroatoms. The SMILES string of the molecule is CSc1ccc(C2=NN(C)C(=O)C2(C)NO)cc1C. The maximum Gasteiger partial charge on any atom is 0.270 e. The number of carbonyl (C=O) groups excluding carboxylic acids is 1. The van der Waals surface area contributed by atoms with E-state index in [-0.39, 0.29) is 5.91 Å². The second kappa shape index (κ2) is 4.96. The fourth-order valence-electron chi connectivity index (χ4n) is 2.19. The highest BCUT2D eigenvalue weighted by Gasteiger charge is 2.46. The van der Waals surface area contributed by atoms with Crippen LogP contribution in [0.15, 0.2) is 28.2 Å². The molecule has 0 bridgehead atoms. The van der Waals surface area contributed by atoms with E-state index in [1.165, 1.54) is 9.90 Å². The van der Waals surface area contributed by atoms with Crippen LogP contribution in [0.4, 0.5) is 0 Å². The van der Waals surface area contributed by atoms with Crippen molar-refractivity contribution in [3.8, 4) is 0 Å². The van der Waals surface area contributed by atoms with Crippen LogP contribution >= 0.6 is 11.8 Å². The number of hydrogen-bond acceptors (Lipinski definition) is 5. The van der Waals surface area contributed by atoms with Crippen LogP contribution < -0.4 is 5.48 Å². The summed E-state index contributed by atoms with van der Waals surface area (Å²) in [5.74, 6) is -0.281. The fraction of sp³-hybridized carbons (Fsp3) is 0.385. The molecule has 2 rings (SSSR count). The number of benzene rings is 1.